The van der Waals surface area contributed by atoms with Crippen molar-refractivity contribution in [3.05, 3.63) is 22.7 Å². The monoisotopic (exact) mass is 869 g/mol. The maximum Gasteiger partial charge on any atom is 0.431 e. The molecule has 2 N–H and O–H groups in total. The van der Waals surface area contributed by atoms with E-state index in [9.17, 15) is 9.59 Å². The maximum absolute atomic E-state index is 13.8. The summed E-state index contributed by atoms with van der Waals surface area (Å²) in [6, 6.07) is 1.61. The van der Waals surface area contributed by atoms with E-state index in [0.29, 0.717) is 13.2 Å². The van der Waals surface area contributed by atoms with Gasteiger partial charge in [0.15, 0.2) is 37.0 Å². The fourth-order valence-corrected chi connectivity index (χ4v) is 9.80. The van der Waals surface area contributed by atoms with Crippen LogP contribution in [0.5, 0.6) is 0 Å². The SMILES string of the molecule is CCCCCCCCCCCCCCCCNC(=O)ONc1ccn([C@@H]2O[C@H](CO[Si](C)(C)C(C)(C)C)[C@H](O[Si](C)(C)C(C)(C)C)C2O[Si](C)(C)C(C)(C)C)c(=O)n1. The minimum atomic E-state index is -2.40. The highest BCUT2D eigenvalue weighted by atomic mass is 28.4. The molecule has 1 aromatic rings. The van der Waals surface area contributed by atoms with Crippen LogP contribution >= 0.6 is 0 Å². The Morgan fingerprint density at radius 2 is 1.16 bits per heavy atom. The number of carbonyl (C=O) groups excluding carboxylic acids is 1. The normalized spacial score (nSPS) is 19.7. The van der Waals surface area contributed by atoms with E-state index in [1.54, 1.807) is 12.3 Å². The minimum Gasteiger partial charge on any atom is -0.414 e. The van der Waals surface area contributed by atoms with Crippen LogP contribution < -0.4 is 16.5 Å². The number of rotatable bonds is 25. The number of nitrogens with zero attached hydrogens (tertiary/aromatic N) is 2. The Labute approximate surface area is 357 Å². The largest absolute Gasteiger partial charge is 0.431 e. The van der Waals surface area contributed by atoms with E-state index >= 15 is 0 Å². The van der Waals surface area contributed by atoms with E-state index in [4.69, 9.17) is 22.9 Å². The first-order valence-corrected chi connectivity index (χ1v) is 31.4. The molecule has 0 spiro atoms. The summed E-state index contributed by atoms with van der Waals surface area (Å²) in [6.45, 7) is 36.4. The van der Waals surface area contributed by atoms with E-state index < -0.39 is 61.3 Å². The summed E-state index contributed by atoms with van der Waals surface area (Å²) in [5, 5.41) is 2.63. The van der Waals surface area contributed by atoms with Crippen molar-refractivity contribution in [2.24, 2.45) is 0 Å². The van der Waals surface area contributed by atoms with Crippen LogP contribution in [0.1, 0.15) is 165 Å². The van der Waals surface area contributed by atoms with E-state index in [2.05, 4.69) is 124 Å². The lowest BCUT2D eigenvalue weighted by Crippen LogP contribution is -2.54. The summed E-state index contributed by atoms with van der Waals surface area (Å²) < 4.78 is 29.5. The van der Waals surface area contributed by atoms with Gasteiger partial charge in [-0.3, -0.25) is 4.57 Å². The highest BCUT2D eigenvalue weighted by Crippen LogP contribution is 2.46. The predicted molar refractivity (Wildman–Crippen MR) is 248 cm³/mol. The van der Waals surface area contributed by atoms with Gasteiger partial charge in [0.1, 0.15) is 18.3 Å². The van der Waals surface area contributed by atoms with Gasteiger partial charge >= 0.3 is 11.8 Å². The van der Waals surface area contributed by atoms with Crippen molar-refractivity contribution in [3.8, 4) is 0 Å². The molecule has 1 aliphatic heterocycles. The molecule has 0 bridgehead atoms. The molecule has 1 saturated heterocycles. The summed E-state index contributed by atoms with van der Waals surface area (Å²) in [5.41, 5.74) is 2.00. The van der Waals surface area contributed by atoms with Crippen LogP contribution in [0.3, 0.4) is 0 Å². The lowest BCUT2D eigenvalue weighted by atomic mass is 10.0. The van der Waals surface area contributed by atoms with Crippen LogP contribution in [0.25, 0.3) is 0 Å². The molecule has 1 unspecified atom stereocenters. The van der Waals surface area contributed by atoms with Crippen molar-refractivity contribution in [2.75, 3.05) is 18.6 Å². The zero-order valence-electron chi connectivity index (χ0n) is 40.0. The minimum absolute atomic E-state index is 0.00639. The first kappa shape index (κ1) is 52.6. The Morgan fingerprint density at radius 1 is 0.707 bits per heavy atom. The Bertz CT molecular complexity index is 1420. The van der Waals surface area contributed by atoms with Crippen molar-refractivity contribution >= 4 is 36.9 Å². The Kier molecular flexibility index (Phi) is 20.9. The number of nitrogens with one attached hydrogen (secondary N) is 2. The summed E-state index contributed by atoms with van der Waals surface area (Å²) in [5.74, 6) is 0.125. The summed E-state index contributed by atoms with van der Waals surface area (Å²) in [6.07, 6.45) is 16.6. The van der Waals surface area contributed by atoms with Gasteiger partial charge in [-0.1, -0.05) is 153 Å². The molecular formula is C44H88N4O7Si3. The Balaban J connectivity index is 2.08. The number of anilines is 1. The van der Waals surface area contributed by atoms with Gasteiger partial charge in [0.05, 0.1) is 6.61 Å². The third-order valence-electron chi connectivity index (χ3n) is 13.3. The van der Waals surface area contributed by atoms with Gasteiger partial charge in [-0.05, 0) is 60.8 Å². The van der Waals surface area contributed by atoms with Gasteiger partial charge in [-0.25, -0.2) is 9.59 Å². The van der Waals surface area contributed by atoms with Crippen LogP contribution in [-0.4, -0.2) is 72.1 Å². The number of ether oxygens (including phenoxy) is 1. The van der Waals surface area contributed by atoms with Crippen LogP contribution in [0.2, 0.25) is 54.4 Å². The molecule has 2 rings (SSSR count). The summed E-state index contributed by atoms with van der Waals surface area (Å²) in [4.78, 5) is 35.7. The quantitative estimate of drug-likeness (QED) is 0.0562. The molecule has 4 atom stereocenters. The van der Waals surface area contributed by atoms with Crippen LogP contribution in [0, 0.1) is 0 Å². The molecule has 0 radical (unpaired) electrons. The molecule has 11 nitrogen and oxygen atoms in total. The Hall–Kier alpha value is -1.56. The van der Waals surface area contributed by atoms with Gasteiger partial charge in [-0.15, -0.1) is 0 Å². The molecule has 1 aliphatic rings. The van der Waals surface area contributed by atoms with Crippen LogP contribution in [0.4, 0.5) is 10.6 Å². The molecule has 58 heavy (non-hydrogen) atoms. The third-order valence-corrected chi connectivity index (χ3v) is 26.8. The predicted octanol–water partition coefficient (Wildman–Crippen LogP) is 12.5. The molecule has 0 saturated carbocycles. The molecule has 338 valence electrons. The number of unbranched alkanes of at least 4 members (excludes halogenated alkanes) is 13. The standard InChI is InChI=1S/C44H88N4O7Si3/c1-17-18-19-20-21-22-23-24-25-26-27-28-29-30-32-45-41(50)53-47-36-31-33-48(40(49)46-36)39-38(55-58(15,16)44(8,9)10)37(54-57(13,14)43(5,6)7)35(52-39)34-51-56(11,12)42(2,3)4/h31,33,35,37-39H,17-30,32,34H2,1-16H3,(H,45,50)(H,46,47,49)/t35-,37+,38?,39-/m1/s1. The van der Waals surface area contributed by atoms with Crippen molar-refractivity contribution in [2.45, 2.75) is 238 Å². The fraction of sp³-hybridized carbons (Fsp3) is 0.886. The van der Waals surface area contributed by atoms with Crippen LogP contribution in [0.15, 0.2) is 17.1 Å². The van der Waals surface area contributed by atoms with E-state index in [1.165, 1.54) is 81.6 Å². The molecule has 0 aliphatic carbocycles. The number of hydrogen-bond donors (Lipinski definition) is 2. The van der Waals surface area contributed by atoms with Crippen molar-refractivity contribution in [3.63, 3.8) is 0 Å². The topological polar surface area (TPSA) is 122 Å². The van der Waals surface area contributed by atoms with Crippen LogP contribution in [-0.2, 0) is 22.9 Å². The molecule has 0 aromatic carbocycles. The smallest absolute Gasteiger partial charge is 0.414 e. The van der Waals surface area contributed by atoms with Gasteiger partial charge in [-0.2, -0.15) is 10.5 Å². The molecule has 1 amide bonds. The number of hydrogen-bond acceptors (Lipinski definition) is 9. The highest BCUT2D eigenvalue weighted by Gasteiger charge is 2.55. The molecular weight excluding hydrogens is 781 g/mol. The average molecular weight is 869 g/mol. The first-order chi connectivity index (χ1) is 26.7. The zero-order chi connectivity index (χ0) is 44.0. The van der Waals surface area contributed by atoms with E-state index in [0.717, 1.165) is 12.8 Å². The molecule has 2 heterocycles. The number of carbonyl (C=O) groups is 1. The van der Waals surface area contributed by atoms with Crippen molar-refractivity contribution < 1.29 is 27.6 Å². The average Bonchev–Trinajstić information content (AvgIpc) is 3.41. The van der Waals surface area contributed by atoms with Gasteiger partial charge < -0.3 is 28.2 Å². The summed E-state index contributed by atoms with van der Waals surface area (Å²) >= 11 is 0. The summed E-state index contributed by atoms with van der Waals surface area (Å²) in [7, 11) is -6.90. The van der Waals surface area contributed by atoms with Gasteiger partial charge in [0.2, 0.25) is 0 Å². The second-order valence-electron chi connectivity index (χ2n) is 21.3. The van der Waals surface area contributed by atoms with E-state index in [1.807, 2.05) is 0 Å². The van der Waals surface area contributed by atoms with Gasteiger partial charge in [0, 0.05) is 18.8 Å². The van der Waals surface area contributed by atoms with Crippen molar-refractivity contribution in [1.29, 1.82) is 0 Å². The van der Waals surface area contributed by atoms with E-state index in [-0.39, 0.29) is 20.9 Å². The zero-order valence-corrected chi connectivity index (χ0v) is 43.0. The Morgan fingerprint density at radius 3 is 1.60 bits per heavy atom. The lowest BCUT2D eigenvalue weighted by molar-refractivity contribution is -0.0509. The molecule has 1 fully saturated rings. The third kappa shape index (κ3) is 16.7. The molecule has 14 heteroatoms. The fourth-order valence-electron chi connectivity index (χ4n) is 6.18. The first-order valence-electron chi connectivity index (χ1n) is 22.7. The number of amides is 1. The number of aromatic nitrogens is 2. The lowest BCUT2D eigenvalue weighted by Gasteiger charge is -2.44. The second kappa shape index (κ2) is 23.0. The second-order valence-corrected chi connectivity index (χ2v) is 35.7. The van der Waals surface area contributed by atoms with Crippen molar-refractivity contribution in [1.82, 2.24) is 14.9 Å². The maximum atomic E-state index is 13.8. The molecule has 1 aromatic heterocycles. The highest BCUT2D eigenvalue weighted by molar-refractivity contribution is 6.75. The van der Waals surface area contributed by atoms with Gasteiger partial charge in [0.25, 0.3) is 0 Å².